The number of nitro groups is 1. The van der Waals surface area contributed by atoms with Crippen molar-refractivity contribution < 1.29 is 4.92 Å². The monoisotopic (exact) mass is 253 g/mol. The zero-order valence-electron chi connectivity index (χ0n) is 9.46. The molecule has 1 aromatic carbocycles. The second-order valence-electron chi connectivity index (χ2n) is 3.99. The lowest BCUT2D eigenvalue weighted by atomic mass is 10.2. The lowest BCUT2D eigenvalue weighted by Gasteiger charge is -2.22. The van der Waals surface area contributed by atoms with Crippen LogP contribution in [0.2, 0.25) is 0 Å². The average molecular weight is 253 g/mol. The molecule has 0 aliphatic carbocycles. The van der Waals surface area contributed by atoms with Crippen molar-refractivity contribution in [2.24, 2.45) is 0 Å². The molecule has 1 saturated heterocycles. The minimum atomic E-state index is -0.396. The Balaban J connectivity index is 2.27. The summed E-state index contributed by atoms with van der Waals surface area (Å²) >= 11 is 1.92. The van der Waals surface area contributed by atoms with Crippen LogP contribution in [0.25, 0.3) is 0 Å². The van der Waals surface area contributed by atoms with E-state index in [0.717, 1.165) is 36.7 Å². The number of non-ortho nitro benzene ring substituents is 1. The van der Waals surface area contributed by atoms with Gasteiger partial charge >= 0.3 is 0 Å². The van der Waals surface area contributed by atoms with Crippen molar-refractivity contribution in [3.05, 3.63) is 28.3 Å². The number of benzene rings is 1. The van der Waals surface area contributed by atoms with Crippen LogP contribution < -0.4 is 10.6 Å². The summed E-state index contributed by atoms with van der Waals surface area (Å²) in [6, 6.07) is 4.81. The number of thioether (sulfide) groups is 1. The van der Waals surface area contributed by atoms with Gasteiger partial charge in [-0.3, -0.25) is 10.1 Å². The van der Waals surface area contributed by atoms with Crippen LogP contribution in [0.1, 0.15) is 6.42 Å². The molecule has 6 heteroatoms. The van der Waals surface area contributed by atoms with Crippen molar-refractivity contribution in [1.29, 1.82) is 0 Å². The zero-order chi connectivity index (χ0) is 12.3. The summed E-state index contributed by atoms with van der Waals surface area (Å²) in [7, 11) is 0. The van der Waals surface area contributed by atoms with E-state index in [0.29, 0.717) is 5.69 Å². The molecule has 0 amide bonds. The van der Waals surface area contributed by atoms with Crippen LogP contribution in [0, 0.1) is 10.1 Å². The number of nitrogen functional groups attached to an aromatic ring is 1. The highest BCUT2D eigenvalue weighted by Crippen LogP contribution is 2.26. The Labute approximate surface area is 104 Å². The van der Waals surface area contributed by atoms with E-state index in [9.17, 15) is 10.1 Å². The average Bonchev–Trinajstić information content (AvgIpc) is 2.56. The first kappa shape index (κ1) is 12.0. The maximum Gasteiger partial charge on any atom is 0.273 e. The smallest absolute Gasteiger partial charge is 0.273 e. The van der Waals surface area contributed by atoms with Crippen LogP contribution in [-0.2, 0) is 0 Å². The Hall–Kier alpha value is -1.43. The number of nitro benzene ring substituents is 1. The predicted octanol–water partition coefficient (Wildman–Crippen LogP) is 2.12. The van der Waals surface area contributed by atoms with Gasteiger partial charge in [0.2, 0.25) is 0 Å². The Kier molecular flexibility index (Phi) is 3.73. The fourth-order valence-electron chi connectivity index (χ4n) is 1.91. The van der Waals surface area contributed by atoms with E-state index in [1.165, 1.54) is 6.07 Å². The zero-order valence-corrected chi connectivity index (χ0v) is 10.3. The van der Waals surface area contributed by atoms with Crippen LogP contribution in [0.15, 0.2) is 18.2 Å². The van der Waals surface area contributed by atoms with Crippen LogP contribution in [0.5, 0.6) is 0 Å². The Bertz CT molecular complexity index is 417. The van der Waals surface area contributed by atoms with Crippen LogP contribution in [0.4, 0.5) is 17.1 Å². The third-order valence-electron chi connectivity index (χ3n) is 2.72. The lowest BCUT2D eigenvalue weighted by molar-refractivity contribution is -0.384. The van der Waals surface area contributed by atoms with Crippen molar-refractivity contribution in [3.8, 4) is 0 Å². The van der Waals surface area contributed by atoms with Crippen molar-refractivity contribution >= 4 is 28.8 Å². The van der Waals surface area contributed by atoms with Gasteiger partial charge in [-0.15, -0.1) is 0 Å². The van der Waals surface area contributed by atoms with Crippen molar-refractivity contribution in [1.82, 2.24) is 0 Å². The molecule has 1 heterocycles. The van der Waals surface area contributed by atoms with Gasteiger partial charge in [0, 0.05) is 42.3 Å². The molecule has 0 spiro atoms. The third kappa shape index (κ3) is 3.03. The molecule has 0 unspecified atom stereocenters. The van der Waals surface area contributed by atoms with Crippen LogP contribution >= 0.6 is 11.8 Å². The molecular formula is C11H15N3O2S. The van der Waals surface area contributed by atoms with Crippen molar-refractivity contribution in [2.45, 2.75) is 6.42 Å². The molecule has 1 fully saturated rings. The molecule has 0 aromatic heterocycles. The highest BCUT2D eigenvalue weighted by molar-refractivity contribution is 7.99. The topological polar surface area (TPSA) is 72.4 Å². The molecule has 1 aromatic rings. The molecule has 1 aliphatic rings. The van der Waals surface area contributed by atoms with Crippen molar-refractivity contribution in [3.63, 3.8) is 0 Å². The van der Waals surface area contributed by atoms with E-state index >= 15 is 0 Å². The van der Waals surface area contributed by atoms with E-state index in [1.54, 1.807) is 6.07 Å². The Morgan fingerprint density at radius 3 is 2.88 bits per heavy atom. The maximum atomic E-state index is 10.8. The first-order chi connectivity index (χ1) is 8.16. The van der Waals surface area contributed by atoms with Crippen LogP contribution in [0.3, 0.4) is 0 Å². The lowest BCUT2D eigenvalue weighted by Crippen LogP contribution is -2.25. The summed E-state index contributed by atoms with van der Waals surface area (Å²) in [5.74, 6) is 2.21. The Morgan fingerprint density at radius 1 is 1.29 bits per heavy atom. The summed E-state index contributed by atoms with van der Waals surface area (Å²) in [5.41, 5.74) is 7.08. The summed E-state index contributed by atoms with van der Waals surface area (Å²) in [4.78, 5) is 12.6. The fraction of sp³-hybridized carbons (Fsp3) is 0.455. The molecule has 0 bridgehead atoms. The molecule has 17 heavy (non-hydrogen) atoms. The van der Waals surface area contributed by atoms with Gasteiger partial charge in [-0.25, -0.2) is 0 Å². The number of hydrogen-bond acceptors (Lipinski definition) is 5. The van der Waals surface area contributed by atoms with Gasteiger partial charge < -0.3 is 10.6 Å². The molecule has 0 saturated carbocycles. The summed E-state index contributed by atoms with van der Waals surface area (Å²) in [5, 5.41) is 10.8. The first-order valence-electron chi connectivity index (χ1n) is 5.54. The van der Waals surface area contributed by atoms with E-state index in [1.807, 2.05) is 17.8 Å². The number of nitrogens with zero attached hydrogens (tertiary/aromatic N) is 2. The van der Waals surface area contributed by atoms with E-state index in [4.69, 9.17) is 5.73 Å². The van der Waals surface area contributed by atoms with Crippen molar-refractivity contribution in [2.75, 3.05) is 35.2 Å². The third-order valence-corrected chi connectivity index (χ3v) is 3.77. The molecule has 1 aliphatic heterocycles. The van der Waals surface area contributed by atoms with E-state index < -0.39 is 4.92 Å². The first-order valence-corrected chi connectivity index (χ1v) is 6.70. The standard InChI is InChI=1S/C11H15N3O2S/c12-9-6-10(8-11(7-9)14(15)16)13-2-1-4-17-5-3-13/h6-8H,1-5,12H2. The SMILES string of the molecule is Nc1cc(N2CCCSCC2)cc([N+](=O)[O-])c1. The second-order valence-corrected chi connectivity index (χ2v) is 5.22. The van der Waals surface area contributed by atoms with Gasteiger partial charge in [-0.2, -0.15) is 11.8 Å². The summed E-state index contributed by atoms with van der Waals surface area (Å²) in [6.07, 6.45) is 1.10. The quantitative estimate of drug-likeness (QED) is 0.496. The number of anilines is 2. The molecular weight excluding hydrogens is 238 g/mol. The van der Waals surface area contributed by atoms with E-state index in [-0.39, 0.29) is 5.69 Å². The minimum Gasteiger partial charge on any atom is -0.398 e. The highest BCUT2D eigenvalue weighted by Gasteiger charge is 2.14. The minimum absolute atomic E-state index is 0.0666. The van der Waals surface area contributed by atoms with Gasteiger partial charge in [-0.05, 0) is 18.2 Å². The number of hydrogen-bond donors (Lipinski definition) is 1. The highest BCUT2D eigenvalue weighted by atomic mass is 32.2. The molecule has 5 nitrogen and oxygen atoms in total. The van der Waals surface area contributed by atoms with Crippen LogP contribution in [-0.4, -0.2) is 29.5 Å². The summed E-state index contributed by atoms with van der Waals surface area (Å²) < 4.78 is 0. The fourth-order valence-corrected chi connectivity index (χ4v) is 2.80. The van der Waals surface area contributed by atoms with Gasteiger partial charge in [0.25, 0.3) is 5.69 Å². The number of rotatable bonds is 2. The Morgan fingerprint density at radius 2 is 2.12 bits per heavy atom. The van der Waals surface area contributed by atoms with Gasteiger partial charge in [0.05, 0.1) is 4.92 Å². The molecule has 2 N–H and O–H groups in total. The van der Waals surface area contributed by atoms with Gasteiger partial charge in [0.1, 0.15) is 0 Å². The molecule has 2 rings (SSSR count). The van der Waals surface area contributed by atoms with Gasteiger partial charge in [0.15, 0.2) is 0 Å². The normalized spacial score (nSPS) is 16.6. The molecule has 92 valence electrons. The molecule has 0 atom stereocenters. The second kappa shape index (κ2) is 5.27. The predicted molar refractivity (Wildman–Crippen MR) is 71.7 cm³/mol. The molecule has 0 radical (unpaired) electrons. The van der Waals surface area contributed by atoms with E-state index in [2.05, 4.69) is 4.90 Å². The number of nitrogens with two attached hydrogens (primary N) is 1. The van der Waals surface area contributed by atoms with Gasteiger partial charge in [-0.1, -0.05) is 0 Å². The summed E-state index contributed by atoms with van der Waals surface area (Å²) in [6.45, 7) is 1.86. The largest absolute Gasteiger partial charge is 0.398 e. The maximum absolute atomic E-state index is 10.8.